The van der Waals surface area contributed by atoms with E-state index in [-0.39, 0.29) is 17.9 Å². The highest BCUT2D eigenvalue weighted by molar-refractivity contribution is 5.78. The van der Waals surface area contributed by atoms with Crippen molar-refractivity contribution in [3.8, 4) is 0 Å². The van der Waals surface area contributed by atoms with Crippen molar-refractivity contribution in [2.24, 2.45) is 5.41 Å². The first-order valence-electron chi connectivity index (χ1n) is 9.17. The third-order valence-corrected chi connectivity index (χ3v) is 5.69. The Balaban J connectivity index is 0.000000701. The quantitative estimate of drug-likeness (QED) is 0.632. The molecule has 5 nitrogen and oxygen atoms in total. The summed E-state index contributed by atoms with van der Waals surface area (Å²) in [5.41, 5.74) is 1.13. The molecule has 2 heterocycles. The van der Waals surface area contributed by atoms with Crippen LogP contribution in [0.1, 0.15) is 45.1 Å². The number of nitrogens with zero attached hydrogens (tertiary/aromatic N) is 1. The van der Waals surface area contributed by atoms with E-state index < -0.39 is 0 Å². The van der Waals surface area contributed by atoms with Gasteiger partial charge < -0.3 is 9.84 Å². The molecular weight excluding hydrogens is 318 g/mol. The number of rotatable bonds is 6. The number of carbonyl (C=O) groups excluding carboxylic acids is 1. The Morgan fingerprint density at radius 3 is 2.60 bits per heavy atom. The zero-order chi connectivity index (χ0) is 18.3. The first-order chi connectivity index (χ1) is 12.1. The molecule has 0 radical (unpaired) electrons. The van der Waals surface area contributed by atoms with Crippen LogP contribution in [0.3, 0.4) is 0 Å². The standard InChI is InChI=1S/C19H27NO2.CH2O2/c1-3-19(18(21)22-4-2)14-16-10-11-17(19)20(16)13-12-15-8-6-5-7-9-15;2-1-3/h5-9,16-17H,3-4,10-14H2,1-2H3;1H,(H,2,3)/t16-,17+,19+;/m0./s1. The van der Waals surface area contributed by atoms with Crippen LogP contribution in [0.2, 0.25) is 0 Å². The van der Waals surface area contributed by atoms with Crippen LogP contribution in [0, 0.1) is 5.41 Å². The number of carboxylic acid groups (broad SMARTS) is 1. The van der Waals surface area contributed by atoms with Crippen LogP contribution >= 0.6 is 0 Å². The largest absolute Gasteiger partial charge is 0.483 e. The van der Waals surface area contributed by atoms with Gasteiger partial charge in [0.2, 0.25) is 0 Å². The molecule has 2 bridgehead atoms. The fraction of sp³-hybridized carbons (Fsp3) is 0.600. The van der Waals surface area contributed by atoms with Gasteiger partial charge in [-0.05, 0) is 44.6 Å². The fourth-order valence-corrected chi connectivity index (χ4v) is 4.57. The van der Waals surface area contributed by atoms with Crippen molar-refractivity contribution in [1.29, 1.82) is 0 Å². The van der Waals surface area contributed by atoms with Crippen LogP contribution < -0.4 is 0 Å². The molecule has 2 saturated heterocycles. The second-order valence-electron chi connectivity index (χ2n) is 6.76. The zero-order valence-corrected chi connectivity index (χ0v) is 15.2. The van der Waals surface area contributed by atoms with E-state index in [0.29, 0.717) is 18.7 Å². The van der Waals surface area contributed by atoms with Crippen LogP contribution in [-0.2, 0) is 20.7 Å². The first kappa shape index (κ1) is 19.4. The molecule has 0 unspecified atom stereocenters. The molecule has 25 heavy (non-hydrogen) atoms. The summed E-state index contributed by atoms with van der Waals surface area (Å²) in [5, 5.41) is 6.89. The van der Waals surface area contributed by atoms with Crippen molar-refractivity contribution in [3.63, 3.8) is 0 Å². The van der Waals surface area contributed by atoms with E-state index in [4.69, 9.17) is 14.6 Å². The van der Waals surface area contributed by atoms with Gasteiger partial charge in [-0.25, -0.2) is 0 Å². The second-order valence-corrected chi connectivity index (χ2v) is 6.76. The minimum atomic E-state index is -0.254. The van der Waals surface area contributed by atoms with Crippen molar-refractivity contribution in [2.75, 3.05) is 13.2 Å². The highest BCUT2D eigenvalue weighted by atomic mass is 16.5. The van der Waals surface area contributed by atoms with Gasteiger partial charge in [-0.2, -0.15) is 0 Å². The smallest absolute Gasteiger partial charge is 0.313 e. The monoisotopic (exact) mass is 347 g/mol. The molecule has 0 amide bonds. The topological polar surface area (TPSA) is 66.8 Å². The van der Waals surface area contributed by atoms with Gasteiger partial charge in [0, 0.05) is 18.6 Å². The summed E-state index contributed by atoms with van der Waals surface area (Å²) in [5.74, 6) is 0.0365. The zero-order valence-electron chi connectivity index (χ0n) is 15.2. The Labute approximate surface area is 150 Å². The molecule has 0 aliphatic carbocycles. The fourth-order valence-electron chi connectivity index (χ4n) is 4.57. The van der Waals surface area contributed by atoms with Crippen molar-refractivity contribution in [1.82, 2.24) is 4.90 Å². The number of fused-ring (bicyclic) bond motifs is 2. The van der Waals surface area contributed by atoms with E-state index in [1.165, 1.54) is 12.0 Å². The lowest BCUT2D eigenvalue weighted by molar-refractivity contribution is -0.157. The van der Waals surface area contributed by atoms with E-state index in [9.17, 15) is 4.79 Å². The number of hydrogen-bond donors (Lipinski definition) is 1. The molecule has 5 heteroatoms. The molecule has 0 spiro atoms. The predicted molar refractivity (Wildman–Crippen MR) is 96.3 cm³/mol. The second kappa shape index (κ2) is 8.99. The summed E-state index contributed by atoms with van der Waals surface area (Å²) in [6.07, 6.45) is 5.33. The number of hydrogen-bond acceptors (Lipinski definition) is 4. The van der Waals surface area contributed by atoms with Crippen LogP contribution in [0.15, 0.2) is 30.3 Å². The van der Waals surface area contributed by atoms with Crippen molar-refractivity contribution in [3.05, 3.63) is 35.9 Å². The van der Waals surface area contributed by atoms with Crippen LogP contribution in [-0.4, -0.2) is 47.7 Å². The lowest BCUT2D eigenvalue weighted by Gasteiger charge is -2.34. The van der Waals surface area contributed by atoms with E-state index in [2.05, 4.69) is 42.2 Å². The maximum absolute atomic E-state index is 12.6. The van der Waals surface area contributed by atoms with Crippen LogP contribution in [0.4, 0.5) is 0 Å². The molecule has 2 aliphatic rings. The van der Waals surface area contributed by atoms with Gasteiger partial charge in [0.15, 0.2) is 0 Å². The Hall–Kier alpha value is -1.88. The number of carbonyl (C=O) groups is 2. The van der Waals surface area contributed by atoms with Gasteiger partial charge >= 0.3 is 5.97 Å². The highest BCUT2D eigenvalue weighted by Gasteiger charge is 2.59. The maximum Gasteiger partial charge on any atom is 0.313 e. The first-order valence-corrected chi connectivity index (χ1v) is 9.17. The van der Waals surface area contributed by atoms with E-state index in [1.54, 1.807) is 0 Å². The van der Waals surface area contributed by atoms with Crippen molar-refractivity contribution >= 4 is 12.4 Å². The van der Waals surface area contributed by atoms with E-state index >= 15 is 0 Å². The maximum atomic E-state index is 12.6. The number of benzene rings is 1. The van der Waals surface area contributed by atoms with Gasteiger partial charge in [-0.15, -0.1) is 0 Å². The molecule has 3 atom stereocenters. The van der Waals surface area contributed by atoms with Crippen LogP contribution in [0.25, 0.3) is 0 Å². The highest BCUT2D eigenvalue weighted by Crippen LogP contribution is 2.52. The SMILES string of the molecule is CCOC(=O)[C@]1(CC)C[C@@H]2CC[C@H]1N2CCc1ccccc1.O=CO. The molecular formula is C20H29NO4. The summed E-state index contributed by atoms with van der Waals surface area (Å²) in [6, 6.07) is 11.6. The molecule has 2 fully saturated rings. The summed E-state index contributed by atoms with van der Waals surface area (Å²) >= 11 is 0. The molecule has 1 aromatic rings. The minimum absolute atomic E-state index is 0.0365. The van der Waals surface area contributed by atoms with Gasteiger partial charge in [-0.1, -0.05) is 37.3 Å². The van der Waals surface area contributed by atoms with Crippen LogP contribution in [0.5, 0.6) is 0 Å². The number of ether oxygens (including phenoxy) is 1. The molecule has 1 N–H and O–H groups in total. The lowest BCUT2D eigenvalue weighted by atomic mass is 9.72. The molecule has 0 saturated carbocycles. The molecule has 2 aliphatic heterocycles. The van der Waals surface area contributed by atoms with Crippen molar-refractivity contribution in [2.45, 2.75) is 58.0 Å². The molecule has 138 valence electrons. The third-order valence-electron chi connectivity index (χ3n) is 5.69. The predicted octanol–water partition coefficient (Wildman–Crippen LogP) is 3.13. The van der Waals surface area contributed by atoms with E-state index in [0.717, 1.165) is 32.2 Å². The lowest BCUT2D eigenvalue weighted by Crippen LogP contribution is -2.44. The molecule has 0 aromatic heterocycles. The van der Waals surface area contributed by atoms with Gasteiger partial charge in [0.05, 0.1) is 12.0 Å². The third kappa shape index (κ3) is 4.03. The summed E-state index contributed by atoms with van der Waals surface area (Å²) < 4.78 is 5.42. The minimum Gasteiger partial charge on any atom is -0.483 e. The average molecular weight is 347 g/mol. The van der Waals surface area contributed by atoms with E-state index in [1.807, 2.05) is 6.92 Å². The summed E-state index contributed by atoms with van der Waals surface area (Å²) in [4.78, 5) is 23.5. The average Bonchev–Trinajstić information content (AvgIpc) is 3.17. The van der Waals surface area contributed by atoms with Gasteiger partial charge in [-0.3, -0.25) is 14.5 Å². The molecule has 3 rings (SSSR count). The normalized spacial score (nSPS) is 27.4. The Morgan fingerprint density at radius 2 is 2.00 bits per heavy atom. The van der Waals surface area contributed by atoms with Gasteiger partial charge in [0.25, 0.3) is 6.47 Å². The Kier molecular flexibility index (Phi) is 7.00. The summed E-state index contributed by atoms with van der Waals surface area (Å²) in [6.45, 7) is 5.34. The molecule has 1 aromatic carbocycles. The Morgan fingerprint density at radius 1 is 1.32 bits per heavy atom. The van der Waals surface area contributed by atoms with Crippen molar-refractivity contribution < 1.29 is 19.4 Å². The number of esters is 1. The Bertz CT molecular complexity index is 562. The van der Waals surface area contributed by atoms with Gasteiger partial charge in [0.1, 0.15) is 0 Å². The summed E-state index contributed by atoms with van der Waals surface area (Å²) in [7, 11) is 0.